The molecule has 1 heterocycles. The molecule has 1 fully saturated rings. The van der Waals surface area contributed by atoms with Gasteiger partial charge in [0.1, 0.15) is 0 Å². The number of hydrogen-bond acceptors (Lipinski definition) is 3. The highest BCUT2D eigenvalue weighted by Gasteiger charge is 2.18. The molecule has 1 N–H and O–H groups in total. The maximum absolute atomic E-state index is 11.4. The topological polar surface area (TPSA) is 43.8 Å². The fraction of sp³-hybridized carbons (Fsp3) is 0.909. The second-order valence-electron chi connectivity index (χ2n) is 4.51. The van der Waals surface area contributed by atoms with Crippen LogP contribution in [0.3, 0.4) is 0 Å². The third-order valence-electron chi connectivity index (χ3n) is 3.11. The molecule has 1 aliphatic rings. The Morgan fingerprint density at radius 1 is 1.40 bits per heavy atom. The van der Waals surface area contributed by atoms with Gasteiger partial charge in [-0.1, -0.05) is 0 Å². The Morgan fingerprint density at radius 2 is 2.00 bits per heavy atom. The minimum absolute atomic E-state index is 0.194. The van der Waals surface area contributed by atoms with Crippen LogP contribution in [0.4, 0.5) is 0 Å². The van der Waals surface area contributed by atoms with Gasteiger partial charge in [0.15, 0.2) is 0 Å². The predicted molar refractivity (Wildman–Crippen MR) is 59.6 cm³/mol. The summed E-state index contributed by atoms with van der Waals surface area (Å²) < 4.78 is 0. The van der Waals surface area contributed by atoms with Crippen LogP contribution in [0.1, 0.15) is 19.3 Å². The number of rotatable bonds is 4. The van der Waals surface area contributed by atoms with Gasteiger partial charge in [-0.15, -0.1) is 0 Å². The number of carbonyl (C=O) groups is 1. The fourth-order valence-electron chi connectivity index (χ4n) is 1.87. The molecule has 15 heavy (non-hydrogen) atoms. The van der Waals surface area contributed by atoms with Crippen LogP contribution in [0.25, 0.3) is 0 Å². The predicted octanol–water partition coefficient (Wildman–Crippen LogP) is 0.169. The molecule has 0 aromatic rings. The summed E-state index contributed by atoms with van der Waals surface area (Å²) in [6.45, 7) is 3.21. The molecular formula is C11H22N2O2. The zero-order chi connectivity index (χ0) is 11.3. The summed E-state index contributed by atoms with van der Waals surface area (Å²) in [6.07, 6.45) is 2.73. The molecule has 0 bridgehead atoms. The van der Waals surface area contributed by atoms with E-state index in [9.17, 15) is 4.79 Å². The van der Waals surface area contributed by atoms with Gasteiger partial charge in [-0.3, -0.25) is 4.79 Å². The summed E-state index contributed by atoms with van der Waals surface area (Å²) in [4.78, 5) is 15.3. The zero-order valence-corrected chi connectivity index (χ0v) is 9.78. The minimum atomic E-state index is 0.194. The number of aliphatic hydroxyl groups excluding tert-OH is 1. The van der Waals surface area contributed by atoms with E-state index in [0.29, 0.717) is 18.9 Å². The molecule has 1 saturated heterocycles. The number of aliphatic hydroxyl groups is 1. The molecule has 0 unspecified atom stereocenters. The number of nitrogens with zero attached hydrogens (tertiary/aromatic N) is 2. The van der Waals surface area contributed by atoms with Gasteiger partial charge in [0, 0.05) is 33.7 Å². The van der Waals surface area contributed by atoms with E-state index >= 15 is 0 Å². The largest absolute Gasteiger partial charge is 0.396 e. The van der Waals surface area contributed by atoms with Crippen LogP contribution in [-0.4, -0.2) is 61.2 Å². The quantitative estimate of drug-likeness (QED) is 0.725. The van der Waals surface area contributed by atoms with E-state index in [1.165, 1.54) is 0 Å². The highest BCUT2D eigenvalue weighted by molar-refractivity contribution is 5.75. The molecule has 1 aliphatic heterocycles. The van der Waals surface area contributed by atoms with Crippen molar-refractivity contribution < 1.29 is 9.90 Å². The van der Waals surface area contributed by atoms with E-state index in [0.717, 1.165) is 32.5 Å². The molecule has 0 saturated carbocycles. The van der Waals surface area contributed by atoms with Gasteiger partial charge in [0.2, 0.25) is 5.91 Å². The first-order valence-corrected chi connectivity index (χ1v) is 5.67. The van der Waals surface area contributed by atoms with Gasteiger partial charge in [0.05, 0.1) is 0 Å². The third-order valence-corrected chi connectivity index (χ3v) is 3.11. The van der Waals surface area contributed by atoms with Crippen molar-refractivity contribution in [3.8, 4) is 0 Å². The Bertz CT molecular complexity index is 199. The van der Waals surface area contributed by atoms with E-state index in [4.69, 9.17) is 5.11 Å². The first kappa shape index (κ1) is 12.5. The van der Waals surface area contributed by atoms with Gasteiger partial charge in [0.25, 0.3) is 0 Å². The van der Waals surface area contributed by atoms with E-state index in [1.54, 1.807) is 19.0 Å². The van der Waals surface area contributed by atoms with E-state index < -0.39 is 0 Å². The second kappa shape index (κ2) is 6.08. The summed E-state index contributed by atoms with van der Waals surface area (Å²) in [5, 5.41) is 8.99. The first-order chi connectivity index (χ1) is 7.13. The molecule has 0 aromatic heterocycles. The first-order valence-electron chi connectivity index (χ1n) is 5.67. The van der Waals surface area contributed by atoms with Crippen molar-refractivity contribution in [3.63, 3.8) is 0 Å². The van der Waals surface area contributed by atoms with Gasteiger partial charge >= 0.3 is 0 Å². The fourth-order valence-corrected chi connectivity index (χ4v) is 1.87. The summed E-state index contributed by atoms with van der Waals surface area (Å²) in [6, 6.07) is 0. The molecule has 1 amide bonds. The van der Waals surface area contributed by atoms with E-state index in [2.05, 4.69) is 4.90 Å². The lowest BCUT2D eigenvalue weighted by Crippen LogP contribution is -2.37. The van der Waals surface area contributed by atoms with Crippen molar-refractivity contribution in [2.24, 2.45) is 5.92 Å². The Balaban J connectivity index is 2.16. The van der Waals surface area contributed by atoms with Crippen LogP contribution in [0, 0.1) is 5.92 Å². The molecular weight excluding hydrogens is 192 g/mol. The monoisotopic (exact) mass is 214 g/mol. The highest BCUT2D eigenvalue weighted by atomic mass is 16.3. The zero-order valence-electron chi connectivity index (χ0n) is 9.78. The summed E-state index contributed by atoms with van der Waals surface area (Å²) >= 11 is 0. The van der Waals surface area contributed by atoms with Crippen molar-refractivity contribution >= 4 is 5.91 Å². The van der Waals surface area contributed by atoms with Crippen molar-refractivity contribution in [1.29, 1.82) is 0 Å². The summed E-state index contributed by atoms with van der Waals surface area (Å²) in [7, 11) is 3.58. The molecule has 0 radical (unpaired) electrons. The van der Waals surface area contributed by atoms with E-state index in [1.807, 2.05) is 0 Å². The van der Waals surface area contributed by atoms with Gasteiger partial charge in [-0.05, 0) is 31.8 Å². The van der Waals surface area contributed by atoms with Crippen LogP contribution < -0.4 is 0 Å². The number of hydrogen-bond donors (Lipinski definition) is 1. The average Bonchev–Trinajstić information content (AvgIpc) is 2.26. The van der Waals surface area contributed by atoms with Gasteiger partial charge in [-0.2, -0.15) is 0 Å². The van der Waals surface area contributed by atoms with Crippen LogP contribution in [-0.2, 0) is 4.79 Å². The number of carbonyl (C=O) groups excluding carboxylic acids is 1. The van der Waals surface area contributed by atoms with Crippen molar-refractivity contribution in [2.45, 2.75) is 19.3 Å². The maximum atomic E-state index is 11.4. The lowest BCUT2D eigenvalue weighted by atomic mass is 9.98. The Hall–Kier alpha value is -0.610. The Kier molecular flexibility index (Phi) is 5.05. The van der Waals surface area contributed by atoms with Crippen molar-refractivity contribution in [1.82, 2.24) is 9.80 Å². The SMILES string of the molecule is CN(C)C(=O)CCN1CCC(CO)CC1. The number of amides is 1. The van der Waals surface area contributed by atoms with Crippen molar-refractivity contribution in [2.75, 3.05) is 40.3 Å². The van der Waals surface area contributed by atoms with Crippen LogP contribution in [0.15, 0.2) is 0 Å². The molecule has 1 rings (SSSR count). The number of piperidine rings is 1. The van der Waals surface area contributed by atoms with Crippen LogP contribution in [0.5, 0.6) is 0 Å². The maximum Gasteiger partial charge on any atom is 0.223 e. The summed E-state index contributed by atoms with van der Waals surface area (Å²) in [5.41, 5.74) is 0. The molecule has 0 aliphatic carbocycles. The number of likely N-dealkylation sites (tertiary alicyclic amines) is 1. The van der Waals surface area contributed by atoms with Crippen molar-refractivity contribution in [3.05, 3.63) is 0 Å². The summed E-state index contributed by atoms with van der Waals surface area (Å²) in [5.74, 6) is 0.671. The van der Waals surface area contributed by atoms with Gasteiger partial charge < -0.3 is 14.9 Å². The van der Waals surface area contributed by atoms with Gasteiger partial charge in [-0.25, -0.2) is 0 Å². The Morgan fingerprint density at radius 3 is 2.47 bits per heavy atom. The van der Waals surface area contributed by atoms with E-state index in [-0.39, 0.29) is 5.91 Å². The lowest BCUT2D eigenvalue weighted by molar-refractivity contribution is -0.129. The Labute approximate surface area is 91.9 Å². The molecule has 0 atom stereocenters. The standard InChI is InChI=1S/C11H22N2O2/c1-12(2)11(15)5-8-13-6-3-10(9-14)4-7-13/h10,14H,3-9H2,1-2H3. The molecule has 0 aromatic carbocycles. The van der Waals surface area contributed by atoms with Crippen LogP contribution >= 0.6 is 0 Å². The minimum Gasteiger partial charge on any atom is -0.396 e. The normalized spacial score (nSPS) is 19.1. The second-order valence-corrected chi connectivity index (χ2v) is 4.51. The average molecular weight is 214 g/mol. The molecule has 0 spiro atoms. The molecule has 88 valence electrons. The smallest absolute Gasteiger partial charge is 0.223 e. The lowest BCUT2D eigenvalue weighted by Gasteiger charge is -2.31. The van der Waals surface area contributed by atoms with Crippen LogP contribution in [0.2, 0.25) is 0 Å². The molecule has 4 nitrogen and oxygen atoms in total. The highest BCUT2D eigenvalue weighted by Crippen LogP contribution is 2.16. The molecule has 4 heteroatoms. The third kappa shape index (κ3) is 4.18.